The van der Waals surface area contributed by atoms with Gasteiger partial charge < -0.3 is 9.53 Å². The molecule has 0 spiro atoms. The molecule has 0 saturated carbocycles. The second-order valence-electron chi connectivity index (χ2n) is 2.74. The molecule has 0 N–H and O–H groups in total. The summed E-state index contributed by atoms with van der Waals surface area (Å²) in [5.74, 6) is 0.819. The number of hydrogen-bond acceptors (Lipinski definition) is 2. The Morgan fingerprint density at radius 2 is 2.17 bits per heavy atom. The standard InChI is InChI=1S/C9H11BO2/c1-6-5-7(9(10)11)3-4-8(6)12-2/h3-5H,10H2,1-2H3. The van der Waals surface area contributed by atoms with Gasteiger partial charge in [-0.1, -0.05) is 0 Å². The molecule has 62 valence electrons. The molecule has 0 atom stereocenters. The summed E-state index contributed by atoms with van der Waals surface area (Å²) in [5, 5.41) is 0. The van der Waals surface area contributed by atoms with E-state index in [-0.39, 0.29) is 5.68 Å². The van der Waals surface area contributed by atoms with E-state index >= 15 is 0 Å². The van der Waals surface area contributed by atoms with Crippen LogP contribution in [0.15, 0.2) is 18.2 Å². The van der Waals surface area contributed by atoms with Gasteiger partial charge in [0.2, 0.25) is 0 Å². The van der Waals surface area contributed by atoms with E-state index in [0.29, 0.717) is 0 Å². The van der Waals surface area contributed by atoms with Gasteiger partial charge in [0.15, 0.2) is 7.85 Å². The topological polar surface area (TPSA) is 26.3 Å². The lowest BCUT2D eigenvalue weighted by atomic mass is 9.93. The first-order valence-electron chi connectivity index (χ1n) is 3.80. The van der Waals surface area contributed by atoms with E-state index in [1.807, 2.05) is 19.1 Å². The van der Waals surface area contributed by atoms with Crippen LogP contribution in [0.2, 0.25) is 0 Å². The van der Waals surface area contributed by atoms with Crippen molar-refractivity contribution in [3.63, 3.8) is 0 Å². The van der Waals surface area contributed by atoms with Gasteiger partial charge in [0.1, 0.15) is 11.4 Å². The Morgan fingerprint density at radius 1 is 1.50 bits per heavy atom. The number of rotatable bonds is 2. The van der Waals surface area contributed by atoms with E-state index in [0.717, 1.165) is 16.9 Å². The van der Waals surface area contributed by atoms with Crippen molar-refractivity contribution < 1.29 is 9.53 Å². The van der Waals surface area contributed by atoms with Crippen LogP contribution in [0.1, 0.15) is 15.9 Å². The van der Waals surface area contributed by atoms with E-state index in [1.54, 1.807) is 21.0 Å². The lowest BCUT2D eigenvalue weighted by molar-refractivity contribution is 0.108. The smallest absolute Gasteiger partial charge is 0.193 e. The molecule has 0 aliphatic carbocycles. The van der Waals surface area contributed by atoms with Crippen molar-refractivity contribution in [2.24, 2.45) is 0 Å². The second-order valence-corrected chi connectivity index (χ2v) is 2.74. The molecule has 0 radical (unpaired) electrons. The molecule has 0 amide bonds. The van der Waals surface area contributed by atoms with Gasteiger partial charge in [-0.3, -0.25) is 0 Å². The molecule has 1 aromatic carbocycles. The molecule has 0 fully saturated rings. The van der Waals surface area contributed by atoms with E-state index in [9.17, 15) is 4.79 Å². The lowest BCUT2D eigenvalue weighted by Crippen LogP contribution is -1.98. The van der Waals surface area contributed by atoms with Gasteiger partial charge in [-0.05, 0) is 30.7 Å². The molecule has 0 unspecified atom stereocenters. The van der Waals surface area contributed by atoms with Crippen molar-refractivity contribution >= 4 is 13.5 Å². The Kier molecular flexibility index (Phi) is 2.53. The first-order valence-corrected chi connectivity index (χ1v) is 3.80. The normalized spacial score (nSPS) is 9.50. The van der Waals surface area contributed by atoms with Crippen LogP contribution in [-0.2, 0) is 0 Å². The minimum atomic E-state index is 0.0840. The molecule has 0 aliphatic heterocycles. The highest BCUT2D eigenvalue weighted by molar-refractivity contribution is 6.62. The molecular weight excluding hydrogens is 151 g/mol. The van der Waals surface area contributed by atoms with Crippen molar-refractivity contribution in [3.8, 4) is 5.75 Å². The van der Waals surface area contributed by atoms with E-state index in [1.165, 1.54) is 0 Å². The van der Waals surface area contributed by atoms with Crippen molar-refractivity contribution in [1.82, 2.24) is 0 Å². The van der Waals surface area contributed by atoms with Crippen LogP contribution in [0.25, 0.3) is 0 Å². The van der Waals surface area contributed by atoms with Crippen molar-refractivity contribution in [2.45, 2.75) is 6.92 Å². The van der Waals surface area contributed by atoms with Gasteiger partial charge in [0.25, 0.3) is 0 Å². The molecule has 2 nitrogen and oxygen atoms in total. The zero-order chi connectivity index (χ0) is 9.14. The van der Waals surface area contributed by atoms with Gasteiger partial charge in [0.05, 0.1) is 7.11 Å². The summed E-state index contributed by atoms with van der Waals surface area (Å²) in [6.07, 6.45) is 0. The Bertz CT molecular complexity index is 307. The fraction of sp³-hybridized carbons (Fsp3) is 0.222. The quantitative estimate of drug-likeness (QED) is 0.600. The Balaban J connectivity index is 3.10. The summed E-state index contributed by atoms with van der Waals surface area (Å²) in [7, 11) is 3.18. The molecule has 1 aromatic rings. The minimum absolute atomic E-state index is 0.0840. The highest BCUT2D eigenvalue weighted by Gasteiger charge is 2.02. The third kappa shape index (κ3) is 1.67. The summed E-state index contributed by atoms with van der Waals surface area (Å²) in [4.78, 5) is 11.0. The molecule has 0 heterocycles. The summed E-state index contributed by atoms with van der Waals surface area (Å²) < 4.78 is 5.07. The predicted molar refractivity (Wildman–Crippen MR) is 50.6 cm³/mol. The molecule has 0 saturated heterocycles. The monoisotopic (exact) mass is 162 g/mol. The first-order chi connectivity index (χ1) is 5.65. The van der Waals surface area contributed by atoms with Gasteiger partial charge in [0, 0.05) is 5.56 Å². The zero-order valence-corrected chi connectivity index (χ0v) is 7.55. The number of aryl methyl sites for hydroxylation is 1. The average Bonchev–Trinajstić information content (AvgIpc) is 2.04. The lowest BCUT2D eigenvalue weighted by Gasteiger charge is -2.04. The van der Waals surface area contributed by atoms with E-state index in [4.69, 9.17) is 4.74 Å². The van der Waals surface area contributed by atoms with Crippen LogP contribution < -0.4 is 4.74 Å². The summed E-state index contributed by atoms with van der Waals surface area (Å²) >= 11 is 0. The molecule has 0 bridgehead atoms. The highest BCUT2D eigenvalue weighted by Crippen LogP contribution is 2.17. The molecule has 3 heteroatoms. The van der Waals surface area contributed by atoms with Crippen LogP contribution in [0.3, 0.4) is 0 Å². The zero-order valence-electron chi connectivity index (χ0n) is 7.55. The minimum Gasteiger partial charge on any atom is -0.496 e. The summed E-state index contributed by atoms with van der Waals surface area (Å²) in [6.45, 7) is 1.92. The number of benzene rings is 1. The maximum atomic E-state index is 11.0. The number of methoxy groups -OCH3 is 1. The Labute approximate surface area is 73.0 Å². The van der Waals surface area contributed by atoms with E-state index < -0.39 is 0 Å². The number of carbonyl (C=O) groups is 1. The maximum Gasteiger partial charge on any atom is 0.193 e. The van der Waals surface area contributed by atoms with Crippen LogP contribution in [0, 0.1) is 6.92 Å². The largest absolute Gasteiger partial charge is 0.496 e. The van der Waals surface area contributed by atoms with Gasteiger partial charge >= 0.3 is 0 Å². The van der Waals surface area contributed by atoms with Crippen LogP contribution in [0.4, 0.5) is 0 Å². The second kappa shape index (κ2) is 3.43. The van der Waals surface area contributed by atoms with E-state index in [2.05, 4.69) is 0 Å². The number of ether oxygens (including phenoxy) is 1. The molecule has 0 aromatic heterocycles. The summed E-state index contributed by atoms with van der Waals surface area (Å²) in [5.41, 5.74) is 1.80. The highest BCUT2D eigenvalue weighted by atomic mass is 16.5. The predicted octanol–water partition coefficient (Wildman–Crippen LogP) is 0.777. The summed E-state index contributed by atoms with van der Waals surface area (Å²) in [6, 6.07) is 5.42. The maximum absolute atomic E-state index is 11.0. The van der Waals surface area contributed by atoms with Crippen molar-refractivity contribution in [2.75, 3.05) is 7.11 Å². The number of carbonyl (C=O) groups excluding carboxylic acids is 1. The Hall–Kier alpha value is -1.25. The number of hydrogen-bond donors (Lipinski definition) is 0. The molecule has 12 heavy (non-hydrogen) atoms. The average molecular weight is 162 g/mol. The van der Waals surface area contributed by atoms with Crippen LogP contribution >= 0.6 is 0 Å². The SMILES string of the molecule is BC(=O)c1ccc(OC)c(C)c1. The van der Waals surface area contributed by atoms with Gasteiger partial charge in [-0.15, -0.1) is 0 Å². The van der Waals surface area contributed by atoms with Crippen LogP contribution in [-0.4, -0.2) is 20.6 Å². The Morgan fingerprint density at radius 3 is 2.58 bits per heavy atom. The molecule has 0 aliphatic rings. The third-order valence-corrected chi connectivity index (χ3v) is 1.80. The fourth-order valence-electron chi connectivity index (χ4n) is 1.10. The van der Waals surface area contributed by atoms with Crippen LogP contribution in [0.5, 0.6) is 5.75 Å². The van der Waals surface area contributed by atoms with Crippen molar-refractivity contribution in [1.29, 1.82) is 0 Å². The van der Waals surface area contributed by atoms with Gasteiger partial charge in [-0.25, -0.2) is 0 Å². The van der Waals surface area contributed by atoms with Crippen molar-refractivity contribution in [3.05, 3.63) is 29.3 Å². The third-order valence-electron chi connectivity index (χ3n) is 1.80. The molecular formula is C9H11BO2. The fourth-order valence-corrected chi connectivity index (χ4v) is 1.10. The van der Waals surface area contributed by atoms with Gasteiger partial charge in [-0.2, -0.15) is 0 Å². The first kappa shape index (κ1) is 8.85. The molecule has 1 rings (SSSR count).